The van der Waals surface area contributed by atoms with Crippen LogP contribution in [-0.4, -0.2) is 5.92 Å². The molecule has 3 heteroatoms. The molecule has 0 aliphatic heterocycles. The second-order valence-corrected chi connectivity index (χ2v) is 3.07. The lowest BCUT2D eigenvalue weighted by Crippen LogP contribution is -2.31. The smallest absolute Gasteiger partial charge is 0.207 e. The van der Waals surface area contributed by atoms with Gasteiger partial charge in [-0.15, -0.1) is 0 Å². The van der Waals surface area contributed by atoms with E-state index in [1.165, 1.54) is 0 Å². The van der Waals surface area contributed by atoms with Gasteiger partial charge in [-0.05, 0) is 12.8 Å². The summed E-state index contributed by atoms with van der Waals surface area (Å²) in [5.41, 5.74) is 0. The summed E-state index contributed by atoms with van der Waals surface area (Å²) in [6.45, 7) is 0. The van der Waals surface area contributed by atoms with Crippen LogP contribution in [-0.2, 0) is 0 Å². The van der Waals surface area contributed by atoms with Gasteiger partial charge in [-0.1, -0.05) is 6.42 Å². The first-order valence-corrected chi connectivity index (χ1v) is 3.91. The summed E-state index contributed by atoms with van der Waals surface area (Å²) in [4.78, 5) is 0. The lowest BCUT2D eigenvalue weighted by molar-refractivity contribution is -0.0835. The molecule has 0 heterocycles. The molecule has 11 heavy (non-hydrogen) atoms. The quantitative estimate of drug-likeness (QED) is 0.577. The van der Waals surface area contributed by atoms with Gasteiger partial charge in [0.15, 0.2) is 0 Å². The molecule has 0 bridgehead atoms. The van der Waals surface area contributed by atoms with Crippen molar-refractivity contribution in [2.75, 3.05) is 0 Å². The highest BCUT2D eigenvalue weighted by Gasteiger charge is 2.40. The monoisotopic (exact) mass is 159 g/mol. The van der Waals surface area contributed by atoms with Crippen molar-refractivity contribution in [3.63, 3.8) is 0 Å². The first kappa shape index (κ1) is 8.45. The van der Waals surface area contributed by atoms with Crippen molar-refractivity contribution < 1.29 is 8.78 Å². The van der Waals surface area contributed by atoms with Crippen molar-refractivity contribution in [3.05, 3.63) is 0 Å². The zero-order valence-corrected chi connectivity index (χ0v) is 6.32. The van der Waals surface area contributed by atoms with Gasteiger partial charge in [-0.2, -0.15) is 5.26 Å². The van der Waals surface area contributed by atoms with E-state index in [1.54, 1.807) is 0 Å². The van der Waals surface area contributed by atoms with Crippen LogP contribution in [0, 0.1) is 17.2 Å². The molecular weight excluding hydrogens is 148 g/mol. The topological polar surface area (TPSA) is 23.8 Å². The van der Waals surface area contributed by atoms with Crippen molar-refractivity contribution in [2.24, 2.45) is 5.92 Å². The maximum atomic E-state index is 12.9. The molecule has 1 aliphatic rings. The minimum atomic E-state index is -2.58. The number of hydrogen-bond acceptors (Lipinski definition) is 1. The maximum Gasteiger partial charge on any atom is 0.251 e. The van der Waals surface area contributed by atoms with Crippen molar-refractivity contribution in [2.45, 2.75) is 38.0 Å². The fourth-order valence-corrected chi connectivity index (χ4v) is 1.53. The van der Waals surface area contributed by atoms with Crippen molar-refractivity contribution in [3.8, 4) is 6.07 Å². The lowest BCUT2D eigenvalue weighted by Gasteiger charge is -2.29. The van der Waals surface area contributed by atoms with E-state index in [0.29, 0.717) is 12.8 Å². The summed E-state index contributed by atoms with van der Waals surface area (Å²) in [5, 5.41) is 8.27. The van der Waals surface area contributed by atoms with Gasteiger partial charge in [0.25, 0.3) is 5.92 Å². The van der Waals surface area contributed by atoms with Crippen LogP contribution in [0.2, 0.25) is 0 Å². The molecule has 62 valence electrons. The number of halogens is 2. The summed E-state index contributed by atoms with van der Waals surface area (Å²) < 4.78 is 25.8. The third-order valence-electron chi connectivity index (χ3n) is 2.25. The largest absolute Gasteiger partial charge is 0.251 e. The van der Waals surface area contributed by atoms with Gasteiger partial charge in [-0.3, -0.25) is 0 Å². The Morgan fingerprint density at radius 3 is 2.73 bits per heavy atom. The van der Waals surface area contributed by atoms with E-state index in [0.717, 1.165) is 6.42 Å². The fourth-order valence-electron chi connectivity index (χ4n) is 1.53. The van der Waals surface area contributed by atoms with E-state index in [9.17, 15) is 8.78 Å². The summed E-state index contributed by atoms with van der Waals surface area (Å²) in [5.74, 6) is -3.25. The minimum absolute atomic E-state index is 0.00694. The van der Waals surface area contributed by atoms with Gasteiger partial charge < -0.3 is 0 Å². The minimum Gasteiger partial charge on any atom is -0.207 e. The second kappa shape index (κ2) is 3.17. The van der Waals surface area contributed by atoms with Crippen molar-refractivity contribution >= 4 is 0 Å². The molecule has 0 aromatic rings. The number of nitrogens with zero attached hydrogens (tertiary/aromatic N) is 1. The Morgan fingerprint density at radius 2 is 2.18 bits per heavy atom. The lowest BCUT2D eigenvalue weighted by atomic mass is 9.84. The Balaban J connectivity index is 2.54. The van der Waals surface area contributed by atoms with Crippen LogP contribution < -0.4 is 0 Å². The van der Waals surface area contributed by atoms with E-state index < -0.39 is 11.8 Å². The molecule has 0 saturated heterocycles. The second-order valence-electron chi connectivity index (χ2n) is 3.07. The number of rotatable bonds is 1. The molecule has 0 amide bonds. The van der Waals surface area contributed by atoms with Crippen LogP contribution in [0.1, 0.15) is 32.1 Å². The van der Waals surface area contributed by atoms with Crippen LogP contribution in [0.15, 0.2) is 0 Å². The van der Waals surface area contributed by atoms with Crippen LogP contribution in [0.4, 0.5) is 8.78 Å². The molecule has 0 N–H and O–H groups in total. The molecule has 0 spiro atoms. The summed E-state index contributed by atoms with van der Waals surface area (Å²) >= 11 is 0. The standard InChI is InChI=1S/C8H11F2N/c9-8(10)5-2-1-3-7(8)4-6-11/h7H,1-5H2. The molecular formula is C8H11F2N. The average molecular weight is 159 g/mol. The Hall–Kier alpha value is -0.650. The molecule has 1 aliphatic carbocycles. The van der Waals surface area contributed by atoms with Crippen LogP contribution in [0.25, 0.3) is 0 Å². The van der Waals surface area contributed by atoms with E-state index >= 15 is 0 Å². The molecule has 1 atom stereocenters. The Morgan fingerprint density at radius 1 is 1.45 bits per heavy atom. The highest BCUT2D eigenvalue weighted by atomic mass is 19.3. The fraction of sp³-hybridized carbons (Fsp3) is 0.875. The van der Waals surface area contributed by atoms with Crippen LogP contribution >= 0.6 is 0 Å². The zero-order chi connectivity index (χ0) is 8.32. The van der Waals surface area contributed by atoms with Gasteiger partial charge in [-0.25, -0.2) is 8.78 Å². The van der Waals surface area contributed by atoms with Gasteiger partial charge >= 0.3 is 0 Å². The Labute approximate surface area is 65.0 Å². The predicted octanol–water partition coefficient (Wildman–Crippen LogP) is 2.73. The normalized spacial score (nSPS) is 29.4. The summed E-state index contributed by atoms with van der Waals surface area (Å²) in [6.07, 6.45) is 1.95. The molecule has 1 nitrogen and oxygen atoms in total. The van der Waals surface area contributed by atoms with E-state index in [4.69, 9.17) is 5.26 Å². The number of hydrogen-bond donors (Lipinski definition) is 0. The van der Waals surface area contributed by atoms with Gasteiger partial charge in [0.1, 0.15) is 0 Å². The average Bonchev–Trinajstić information content (AvgIpc) is 1.94. The first-order chi connectivity index (χ1) is 5.17. The molecule has 1 rings (SSSR count). The van der Waals surface area contributed by atoms with Crippen molar-refractivity contribution in [1.82, 2.24) is 0 Å². The molecule has 1 fully saturated rings. The third-order valence-corrected chi connectivity index (χ3v) is 2.25. The maximum absolute atomic E-state index is 12.9. The molecule has 0 aromatic carbocycles. The third kappa shape index (κ3) is 1.89. The number of alkyl halides is 2. The van der Waals surface area contributed by atoms with Crippen LogP contribution in [0.3, 0.4) is 0 Å². The molecule has 0 radical (unpaired) electrons. The predicted molar refractivity (Wildman–Crippen MR) is 37.1 cm³/mol. The van der Waals surface area contributed by atoms with Gasteiger partial charge in [0, 0.05) is 18.8 Å². The summed E-state index contributed by atoms with van der Waals surface area (Å²) in [7, 11) is 0. The molecule has 0 aromatic heterocycles. The van der Waals surface area contributed by atoms with Gasteiger partial charge in [0.2, 0.25) is 0 Å². The van der Waals surface area contributed by atoms with E-state index in [1.807, 2.05) is 6.07 Å². The Bertz CT molecular complexity index is 171. The SMILES string of the molecule is N#CCC1CCCCC1(F)F. The molecule has 1 saturated carbocycles. The van der Waals surface area contributed by atoms with Gasteiger partial charge in [0.05, 0.1) is 6.07 Å². The number of nitriles is 1. The first-order valence-electron chi connectivity index (χ1n) is 3.91. The van der Waals surface area contributed by atoms with E-state index in [-0.39, 0.29) is 12.8 Å². The highest BCUT2D eigenvalue weighted by molar-refractivity contribution is 4.87. The van der Waals surface area contributed by atoms with Crippen molar-refractivity contribution in [1.29, 1.82) is 5.26 Å². The Kier molecular flexibility index (Phi) is 2.43. The zero-order valence-electron chi connectivity index (χ0n) is 6.32. The highest BCUT2D eigenvalue weighted by Crippen LogP contribution is 2.39. The van der Waals surface area contributed by atoms with Crippen LogP contribution in [0.5, 0.6) is 0 Å². The van der Waals surface area contributed by atoms with E-state index in [2.05, 4.69) is 0 Å². The molecule has 1 unspecified atom stereocenters. The summed E-state index contributed by atoms with van der Waals surface area (Å²) in [6, 6.07) is 1.81.